The molecule has 0 heterocycles. The van der Waals surface area contributed by atoms with E-state index in [9.17, 15) is 30.0 Å². The van der Waals surface area contributed by atoms with E-state index in [1.807, 2.05) is 13.8 Å². The highest BCUT2D eigenvalue weighted by Crippen LogP contribution is 2.67. The van der Waals surface area contributed by atoms with Crippen molar-refractivity contribution in [3.63, 3.8) is 0 Å². The van der Waals surface area contributed by atoms with Gasteiger partial charge in [0.25, 0.3) is 0 Å². The van der Waals surface area contributed by atoms with Crippen molar-refractivity contribution in [3.8, 4) is 0 Å². The molecule has 0 unspecified atom stereocenters. The largest absolute Gasteiger partial charge is 0.393 e. The number of carbonyl (C=O) groups is 2. The molecule has 3 fully saturated rings. The number of fused-ring (bicyclic) bond motifs is 5. The van der Waals surface area contributed by atoms with Gasteiger partial charge in [-0.25, -0.2) is 0 Å². The number of ketones is 2. The van der Waals surface area contributed by atoms with E-state index in [2.05, 4.69) is 0 Å². The number of Topliss-reactive ketones (excluding diaryl/α,β-unsaturated/α-hetero) is 1. The smallest absolute Gasteiger partial charge is 0.190 e. The topological polar surface area (TPSA) is 115 Å². The summed E-state index contributed by atoms with van der Waals surface area (Å²) in [6, 6.07) is 0. The zero-order chi connectivity index (χ0) is 19.8. The lowest BCUT2D eigenvalue weighted by atomic mass is 9.45. The molecule has 0 aliphatic heterocycles. The van der Waals surface area contributed by atoms with Crippen molar-refractivity contribution in [2.75, 3.05) is 6.61 Å². The number of hydrogen-bond acceptors (Lipinski definition) is 6. The number of hydrogen-bond donors (Lipinski definition) is 4. The molecule has 0 bridgehead atoms. The van der Waals surface area contributed by atoms with E-state index >= 15 is 0 Å². The van der Waals surface area contributed by atoms with Crippen molar-refractivity contribution in [3.05, 3.63) is 11.6 Å². The molecule has 4 aliphatic carbocycles. The molecule has 0 spiro atoms. The van der Waals surface area contributed by atoms with Gasteiger partial charge in [0.2, 0.25) is 0 Å². The summed E-state index contributed by atoms with van der Waals surface area (Å²) in [5.41, 5.74) is -2.17. The standard InChI is InChI=1S/C21H30O6/c1-19-5-3-11(23)7-14(19)15(24)8-12-13-4-6-21(27,17(26)10-22)20(13,2)9-16(25)18(12)19/h7,12-13,15-16,18,22,24-25,27H,3-6,8-10H2,1-2H3/t12-,13+,15-,16+,18-,19-,20-,21+/m0/s1. The van der Waals surface area contributed by atoms with Crippen molar-refractivity contribution in [1.82, 2.24) is 0 Å². The van der Waals surface area contributed by atoms with E-state index in [1.165, 1.54) is 0 Å². The van der Waals surface area contributed by atoms with Crippen molar-refractivity contribution in [1.29, 1.82) is 0 Å². The Kier molecular flexibility index (Phi) is 4.25. The Morgan fingerprint density at radius 2 is 1.96 bits per heavy atom. The molecular formula is C21H30O6. The lowest BCUT2D eigenvalue weighted by Crippen LogP contribution is -2.63. The fraction of sp³-hybridized carbons (Fsp3) is 0.810. The van der Waals surface area contributed by atoms with E-state index in [0.717, 1.165) is 5.57 Å². The molecule has 4 aliphatic rings. The van der Waals surface area contributed by atoms with E-state index in [4.69, 9.17) is 0 Å². The fourth-order valence-electron chi connectivity index (χ4n) is 7.33. The Morgan fingerprint density at radius 3 is 2.63 bits per heavy atom. The highest BCUT2D eigenvalue weighted by atomic mass is 16.3. The molecule has 3 saturated carbocycles. The summed E-state index contributed by atoms with van der Waals surface area (Å²) < 4.78 is 0. The van der Waals surface area contributed by atoms with E-state index in [0.29, 0.717) is 25.7 Å². The molecule has 4 rings (SSSR count). The van der Waals surface area contributed by atoms with Gasteiger partial charge in [-0.3, -0.25) is 9.59 Å². The van der Waals surface area contributed by atoms with Crippen LogP contribution in [0.1, 0.15) is 52.4 Å². The fourth-order valence-corrected chi connectivity index (χ4v) is 7.33. The van der Waals surface area contributed by atoms with Gasteiger partial charge in [0.1, 0.15) is 12.2 Å². The van der Waals surface area contributed by atoms with Gasteiger partial charge in [-0.2, -0.15) is 0 Å². The molecule has 6 heteroatoms. The number of aliphatic hydroxyl groups is 4. The minimum absolute atomic E-state index is 0.0166. The lowest BCUT2D eigenvalue weighted by Gasteiger charge is -2.61. The van der Waals surface area contributed by atoms with Crippen LogP contribution < -0.4 is 0 Å². The van der Waals surface area contributed by atoms with Gasteiger partial charge >= 0.3 is 0 Å². The summed E-state index contributed by atoms with van der Waals surface area (Å²) >= 11 is 0. The Labute approximate surface area is 159 Å². The molecule has 6 nitrogen and oxygen atoms in total. The maximum Gasteiger partial charge on any atom is 0.190 e. The molecule has 0 amide bonds. The predicted octanol–water partition coefficient (Wildman–Crippen LogP) is 0.752. The molecule has 0 radical (unpaired) electrons. The van der Waals surface area contributed by atoms with Crippen molar-refractivity contribution >= 4 is 11.6 Å². The zero-order valence-corrected chi connectivity index (χ0v) is 16.0. The third-order valence-electron chi connectivity index (χ3n) is 8.67. The van der Waals surface area contributed by atoms with Crippen LogP contribution in [-0.4, -0.2) is 56.4 Å². The minimum Gasteiger partial charge on any atom is -0.393 e. The SMILES string of the molecule is C[C@]12CCC(=O)C=C1[C@@H](O)C[C@@H]1[C@H]2[C@H](O)C[C@@]2(C)[C@@H]1CC[C@@]2(O)C(=O)CO. The second kappa shape index (κ2) is 5.96. The maximum absolute atomic E-state index is 12.4. The van der Waals surface area contributed by atoms with E-state index in [-0.39, 0.29) is 36.4 Å². The molecule has 150 valence electrons. The van der Waals surface area contributed by atoms with Crippen LogP contribution in [0.3, 0.4) is 0 Å². The Hall–Kier alpha value is -1.08. The first-order valence-electron chi connectivity index (χ1n) is 10.1. The van der Waals surface area contributed by atoms with Gasteiger partial charge in [-0.05, 0) is 66.9 Å². The molecule has 8 atom stereocenters. The molecule has 0 aromatic carbocycles. The zero-order valence-electron chi connectivity index (χ0n) is 16.0. The molecule has 4 N–H and O–H groups in total. The van der Waals surface area contributed by atoms with Crippen molar-refractivity contribution in [2.24, 2.45) is 28.6 Å². The first-order valence-corrected chi connectivity index (χ1v) is 10.1. The van der Waals surface area contributed by atoms with Crippen LogP contribution in [-0.2, 0) is 9.59 Å². The average molecular weight is 378 g/mol. The van der Waals surface area contributed by atoms with Crippen molar-refractivity contribution < 1.29 is 30.0 Å². The van der Waals surface area contributed by atoms with Gasteiger partial charge < -0.3 is 20.4 Å². The summed E-state index contributed by atoms with van der Waals surface area (Å²) in [6.07, 6.45) is 2.75. The second-order valence-electron chi connectivity index (χ2n) is 9.70. The van der Waals surface area contributed by atoms with Crippen LogP contribution in [0.15, 0.2) is 11.6 Å². The molecule has 0 aromatic rings. The quantitative estimate of drug-likeness (QED) is 0.564. The average Bonchev–Trinajstić information content (AvgIpc) is 2.87. The third kappa shape index (κ3) is 2.33. The highest BCUT2D eigenvalue weighted by Gasteiger charge is 2.68. The lowest BCUT2D eigenvalue weighted by molar-refractivity contribution is -0.187. The van der Waals surface area contributed by atoms with Crippen LogP contribution >= 0.6 is 0 Å². The predicted molar refractivity (Wildman–Crippen MR) is 96.5 cm³/mol. The molecule has 0 saturated heterocycles. The van der Waals surface area contributed by atoms with E-state index in [1.54, 1.807) is 6.08 Å². The van der Waals surface area contributed by atoms with Gasteiger partial charge in [-0.1, -0.05) is 13.8 Å². The van der Waals surface area contributed by atoms with E-state index < -0.39 is 41.0 Å². The van der Waals surface area contributed by atoms with Gasteiger partial charge in [0.15, 0.2) is 11.6 Å². The summed E-state index contributed by atoms with van der Waals surface area (Å²) in [4.78, 5) is 24.3. The number of carbonyl (C=O) groups excluding carboxylic acids is 2. The Bertz CT molecular complexity index is 715. The number of aliphatic hydroxyl groups excluding tert-OH is 3. The minimum atomic E-state index is -1.64. The monoisotopic (exact) mass is 378 g/mol. The van der Waals surface area contributed by atoms with Gasteiger partial charge in [0.05, 0.1) is 12.2 Å². The Balaban J connectivity index is 1.77. The van der Waals surface area contributed by atoms with Crippen LogP contribution in [0.2, 0.25) is 0 Å². The van der Waals surface area contributed by atoms with Gasteiger partial charge in [0, 0.05) is 11.8 Å². The summed E-state index contributed by atoms with van der Waals surface area (Å²) in [6.45, 7) is 3.18. The maximum atomic E-state index is 12.4. The van der Waals surface area contributed by atoms with Crippen molar-refractivity contribution in [2.45, 2.75) is 70.2 Å². The van der Waals surface area contributed by atoms with Gasteiger partial charge in [-0.15, -0.1) is 0 Å². The normalized spacial score (nSPS) is 51.9. The molecule has 0 aromatic heterocycles. The summed E-state index contributed by atoms with van der Waals surface area (Å²) in [5, 5.41) is 42.6. The van der Waals surface area contributed by atoms with Crippen LogP contribution in [0, 0.1) is 28.6 Å². The highest BCUT2D eigenvalue weighted by molar-refractivity contribution is 5.92. The number of rotatable bonds is 2. The third-order valence-corrected chi connectivity index (χ3v) is 8.67. The second-order valence-corrected chi connectivity index (χ2v) is 9.70. The van der Waals surface area contributed by atoms with Crippen LogP contribution in [0.4, 0.5) is 0 Å². The molecular weight excluding hydrogens is 348 g/mol. The first kappa shape index (κ1) is 19.2. The summed E-state index contributed by atoms with van der Waals surface area (Å²) in [7, 11) is 0. The molecule has 27 heavy (non-hydrogen) atoms. The summed E-state index contributed by atoms with van der Waals surface area (Å²) in [5.74, 6) is -0.713. The van der Waals surface area contributed by atoms with Crippen LogP contribution in [0.5, 0.6) is 0 Å². The van der Waals surface area contributed by atoms with Crippen LogP contribution in [0.25, 0.3) is 0 Å². The first-order chi connectivity index (χ1) is 12.6. The Morgan fingerprint density at radius 1 is 1.26 bits per heavy atom.